The summed E-state index contributed by atoms with van der Waals surface area (Å²) in [6.45, 7) is 2.23. The lowest BCUT2D eigenvalue weighted by molar-refractivity contribution is 0.370. The smallest absolute Gasteiger partial charge is 0.202 e. The average molecular weight is 309 g/mol. The SMILES string of the molecule is CC(C1CCCC1)n1c(N)nc2cc(Br)cnc21. The van der Waals surface area contributed by atoms with Crippen LogP contribution in [0.4, 0.5) is 5.95 Å². The number of hydrogen-bond acceptors (Lipinski definition) is 3. The Kier molecular flexibility index (Phi) is 3.01. The number of rotatable bonds is 2. The standard InChI is InChI=1S/C13H17BrN4/c1-8(9-4-2-3-5-9)18-12-11(17-13(18)15)6-10(14)7-16-12/h6-9H,2-5H2,1H3,(H2,15,17). The van der Waals surface area contributed by atoms with Crippen molar-refractivity contribution in [1.29, 1.82) is 0 Å². The van der Waals surface area contributed by atoms with E-state index in [2.05, 4.69) is 37.4 Å². The van der Waals surface area contributed by atoms with Crippen molar-refractivity contribution in [2.24, 2.45) is 5.92 Å². The highest BCUT2D eigenvalue weighted by Gasteiger charge is 2.26. The molecule has 5 heteroatoms. The minimum Gasteiger partial charge on any atom is -0.369 e. The third kappa shape index (κ3) is 1.90. The van der Waals surface area contributed by atoms with Crippen molar-refractivity contribution in [2.75, 3.05) is 5.73 Å². The summed E-state index contributed by atoms with van der Waals surface area (Å²) in [4.78, 5) is 8.88. The van der Waals surface area contributed by atoms with Crippen molar-refractivity contribution in [1.82, 2.24) is 14.5 Å². The van der Waals surface area contributed by atoms with Gasteiger partial charge in [-0.3, -0.25) is 4.57 Å². The Morgan fingerprint density at radius 3 is 2.89 bits per heavy atom. The number of nitrogen functional groups attached to an aromatic ring is 1. The number of aromatic nitrogens is 3. The van der Waals surface area contributed by atoms with Gasteiger partial charge in [0.15, 0.2) is 5.65 Å². The minimum absolute atomic E-state index is 0.381. The van der Waals surface area contributed by atoms with E-state index in [-0.39, 0.29) is 0 Å². The summed E-state index contributed by atoms with van der Waals surface area (Å²) in [5, 5.41) is 0. The van der Waals surface area contributed by atoms with Crippen LogP contribution >= 0.6 is 15.9 Å². The molecule has 2 aromatic rings. The van der Waals surface area contributed by atoms with Crippen LogP contribution in [0.25, 0.3) is 11.2 Å². The molecule has 96 valence electrons. The summed E-state index contributed by atoms with van der Waals surface area (Å²) in [6, 6.07) is 2.35. The second-order valence-corrected chi connectivity index (χ2v) is 6.04. The van der Waals surface area contributed by atoms with Crippen molar-refractivity contribution >= 4 is 33.0 Å². The number of halogens is 1. The zero-order valence-corrected chi connectivity index (χ0v) is 12.0. The summed E-state index contributed by atoms with van der Waals surface area (Å²) < 4.78 is 3.03. The highest BCUT2D eigenvalue weighted by atomic mass is 79.9. The van der Waals surface area contributed by atoms with Crippen LogP contribution in [0.5, 0.6) is 0 Å². The third-order valence-corrected chi connectivity index (χ3v) is 4.45. The Labute approximate surface area is 115 Å². The lowest BCUT2D eigenvalue weighted by Gasteiger charge is -2.21. The molecule has 2 heterocycles. The maximum atomic E-state index is 6.07. The van der Waals surface area contributed by atoms with Crippen molar-refractivity contribution in [2.45, 2.75) is 38.6 Å². The fourth-order valence-corrected chi connectivity index (χ4v) is 3.35. The summed E-state index contributed by atoms with van der Waals surface area (Å²) in [6.07, 6.45) is 7.05. The Balaban J connectivity index is 2.07. The molecule has 0 saturated heterocycles. The number of pyridine rings is 1. The van der Waals surface area contributed by atoms with Gasteiger partial charge in [-0.05, 0) is 47.7 Å². The number of nitrogens with zero attached hydrogens (tertiary/aromatic N) is 3. The van der Waals surface area contributed by atoms with E-state index < -0.39 is 0 Å². The number of hydrogen-bond donors (Lipinski definition) is 1. The van der Waals surface area contributed by atoms with Gasteiger partial charge in [-0.1, -0.05) is 12.8 Å². The molecule has 0 aliphatic heterocycles. The summed E-state index contributed by atoms with van der Waals surface area (Å²) >= 11 is 3.42. The zero-order valence-electron chi connectivity index (χ0n) is 10.4. The molecule has 2 N–H and O–H groups in total. The van der Waals surface area contributed by atoms with E-state index in [1.54, 1.807) is 6.20 Å². The lowest BCUT2D eigenvalue weighted by atomic mass is 10.00. The molecule has 1 aliphatic rings. The Hall–Kier alpha value is -1.10. The second kappa shape index (κ2) is 4.53. The van der Waals surface area contributed by atoms with Crippen molar-refractivity contribution in [3.05, 3.63) is 16.7 Å². The fraction of sp³-hybridized carbons (Fsp3) is 0.538. The number of anilines is 1. The molecule has 4 nitrogen and oxygen atoms in total. The molecule has 18 heavy (non-hydrogen) atoms. The van der Waals surface area contributed by atoms with Crippen LogP contribution in [0.2, 0.25) is 0 Å². The van der Waals surface area contributed by atoms with Crippen molar-refractivity contribution in [3.63, 3.8) is 0 Å². The second-order valence-electron chi connectivity index (χ2n) is 5.12. The molecular formula is C13H17BrN4. The predicted octanol–water partition coefficient (Wildman–Crippen LogP) is 3.53. The molecule has 0 aromatic carbocycles. The largest absolute Gasteiger partial charge is 0.369 e. The first-order valence-corrected chi connectivity index (χ1v) is 7.25. The molecule has 1 fully saturated rings. The van der Waals surface area contributed by atoms with Crippen LogP contribution in [0.15, 0.2) is 16.7 Å². The molecular weight excluding hydrogens is 292 g/mol. The van der Waals surface area contributed by atoms with E-state index >= 15 is 0 Å². The van der Waals surface area contributed by atoms with Crippen LogP contribution in [0.3, 0.4) is 0 Å². The van der Waals surface area contributed by atoms with Gasteiger partial charge in [0.05, 0.1) is 0 Å². The van der Waals surface area contributed by atoms with Gasteiger partial charge in [-0.2, -0.15) is 0 Å². The molecule has 2 aromatic heterocycles. The summed E-state index contributed by atoms with van der Waals surface area (Å²) in [5.74, 6) is 1.28. The highest BCUT2D eigenvalue weighted by Crippen LogP contribution is 2.36. The fourth-order valence-electron chi connectivity index (χ4n) is 3.03. The van der Waals surface area contributed by atoms with Crippen LogP contribution in [0.1, 0.15) is 38.6 Å². The summed E-state index contributed by atoms with van der Waals surface area (Å²) in [7, 11) is 0. The Morgan fingerprint density at radius 2 is 2.17 bits per heavy atom. The molecule has 0 bridgehead atoms. The van der Waals surface area contributed by atoms with Gasteiger partial charge >= 0.3 is 0 Å². The van der Waals surface area contributed by atoms with Crippen LogP contribution in [-0.4, -0.2) is 14.5 Å². The minimum atomic E-state index is 0.381. The molecule has 1 atom stereocenters. The van der Waals surface area contributed by atoms with Gasteiger partial charge < -0.3 is 5.73 Å². The maximum Gasteiger partial charge on any atom is 0.202 e. The molecule has 1 aliphatic carbocycles. The molecule has 0 radical (unpaired) electrons. The van der Waals surface area contributed by atoms with Crippen LogP contribution < -0.4 is 5.73 Å². The van der Waals surface area contributed by atoms with E-state index in [9.17, 15) is 0 Å². The normalized spacial score (nSPS) is 18.6. The lowest BCUT2D eigenvalue weighted by Crippen LogP contribution is -2.16. The number of fused-ring (bicyclic) bond motifs is 1. The first-order chi connectivity index (χ1) is 8.66. The van der Waals surface area contributed by atoms with Gasteiger partial charge in [0.25, 0.3) is 0 Å². The summed E-state index contributed by atoms with van der Waals surface area (Å²) in [5.41, 5.74) is 7.83. The van der Waals surface area contributed by atoms with E-state index in [4.69, 9.17) is 5.73 Å². The Bertz CT molecular complexity index is 572. The van der Waals surface area contributed by atoms with Crippen molar-refractivity contribution in [3.8, 4) is 0 Å². The van der Waals surface area contributed by atoms with Gasteiger partial charge in [0.1, 0.15) is 5.52 Å². The zero-order chi connectivity index (χ0) is 12.7. The molecule has 0 amide bonds. The van der Waals surface area contributed by atoms with Gasteiger partial charge in [-0.15, -0.1) is 0 Å². The molecule has 0 spiro atoms. The first kappa shape index (κ1) is 12.0. The molecule has 1 saturated carbocycles. The predicted molar refractivity (Wildman–Crippen MR) is 76.3 cm³/mol. The first-order valence-electron chi connectivity index (χ1n) is 6.46. The maximum absolute atomic E-state index is 6.07. The van der Waals surface area contributed by atoms with Gasteiger partial charge in [-0.25, -0.2) is 9.97 Å². The number of imidazole rings is 1. The molecule has 1 unspecified atom stereocenters. The highest BCUT2D eigenvalue weighted by molar-refractivity contribution is 9.10. The third-order valence-electron chi connectivity index (χ3n) is 4.01. The van der Waals surface area contributed by atoms with Gasteiger partial charge in [0, 0.05) is 16.7 Å². The quantitative estimate of drug-likeness (QED) is 0.923. The van der Waals surface area contributed by atoms with Gasteiger partial charge in [0.2, 0.25) is 5.95 Å². The Morgan fingerprint density at radius 1 is 1.44 bits per heavy atom. The van der Waals surface area contributed by atoms with E-state index in [0.29, 0.717) is 17.9 Å². The molecule has 3 rings (SSSR count). The average Bonchev–Trinajstić information content (AvgIpc) is 2.94. The number of nitrogens with two attached hydrogens (primary N) is 1. The van der Waals surface area contributed by atoms with Crippen LogP contribution in [-0.2, 0) is 0 Å². The van der Waals surface area contributed by atoms with E-state index in [1.165, 1.54) is 25.7 Å². The van der Waals surface area contributed by atoms with E-state index in [1.807, 2.05) is 6.07 Å². The van der Waals surface area contributed by atoms with Crippen molar-refractivity contribution < 1.29 is 0 Å². The topological polar surface area (TPSA) is 56.7 Å². The van der Waals surface area contributed by atoms with E-state index in [0.717, 1.165) is 15.6 Å². The monoisotopic (exact) mass is 308 g/mol. The van der Waals surface area contributed by atoms with Crippen LogP contribution in [0, 0.1) is 5.92 Å².